The fourth-order valence-electron chi connectivity index (χ4n) is 3.11. The maximum Gasteiger partial charge on any atom is 0.324 e. The molecule has 3 aromatic carbocycles. The predicted molar refractivity (Wildman–Crippen MR) is 123 cm³/mol. The molecule has 3 rings (SSSR count). The molecule has 0 aliphatic rings. The van der Waals surface area contributed by atoms with E-state index in [1.54, 1.807) is 7.11 Å². The minimum Gasteiger partial charge on any atom is -0.497 e. The molecule has 0 bridgehead atoms. The minimum atomic E-state index is -0.767. The van der Waals surface area contributed by atoms with Gasteiger partial charge in [0.2, 0.25) is 5.91 Å². The molecule has 0 aromatic heterocycles. The standard InChI is InChI=1S/C26H28N2O4/c1-31-23-14-12-21(13-15-23)17-27-24(26(30)32-19-22-10-6-3-7-11-22)16-25(29)28-18-20-8-4-2-5-9-20/h2-15,24,27H,16-19H2,1H3,(H,28,29). The minimum absolute atomic E-state index is 0.0173. The molecule has 2 N–H and O–H groups in total. The number of hydrogen-bond acceptors (Lipinski definition) is 5. The average molecular weight is 433 g/mol. The molecule has 6 nitrogen and oxygen atoms in total. The number of rotatable bonds is 11. The van der Waals surface area contributed by atoms with Crippen molar-refractivity contribution in [3.8, 4) is 5.75 Å². The Morgan fingerprint density at radius 2 is 1.38 bits per heavy atom. The first-order valence-electron chi connectivity index (χ1n) is 10.5. The van der Waals surface area contributed by atoms with Crippen LogP contribution in [0.5, 0.6) is 5.75 Å². The fourth-order valence-corrected chi connectivity index (χ4v) is 3.11. The van der Waals surface area contributed by atoms with Crippen LogP contribution < -0.4 is 15.4 Å². The van der Waals surface area contributed by atoms with Crippen LogP contribution in [0.25, 0.3) is 0 Å². The van der Waals surface area contributed by atoms with Crippen molar-refractivity contribution in [2.45, 2.75) is 32.2 Å². The highest BCUT2D eigenvalue weighted by atomic mass is 16.5. The second-order valence-electron chi connectivity index (χ2n) is 7.34. The number of amides is 1. The van der Waals surface area contributed by atoms with E-state index in [2.05, 4.69) is 10.6 Å². The second kappa shape index (κ2) is 12.3. The van der Waals surface area contributed by atoms with Gasteiger partial charge in [-0.05, 0) is 28.8 Å². The Morgan fingerprint density at radius 1 is 0.781 bits per heavy atom. The molecule has 6 heteroatoms. The lowest BCUT2D eigenvalue weighted by Gasteiger charge is -2.18. The molecule has 3 aromatic rings. The largest absolute Gasteiger partial charge is 0.497 e. The smallest absolute Gasteiger partial charge is 0.324 e. The Bertz CT molecular complexity index is 976. The number of methoxy groups -OCH3 is 1. The van der Waals surface area contributed by atoms with E-state index in [0.717, 1.165) is 22.4 Å². The monoisotopic (exact) mass is 432 g/mol. The van der Waals surface area contributed by atoms with Gasteiger partial charge in [0.15, 0.2) is 0 Å². The molecular weight excluding hydrogens is 404 g/mol. The summed E-state index contributed by atoms with van der Waals surface area (Å²) in [6.45, 7) is 0.983. The molecule has 166 valence electrons. The zero-order valence-electron chi connectivity index (χ0n) is 18.1. The summed E-state index contributed by atoms with van der Waals surface area (Å²) in [7, 11) is 1.61. The first-order chi connectivity index (χ1) is 15.6. The lowest BCUT2D eigenvalue weighted by molar-refractivity contribution is -0.149. The van der Waals surface area contributed by atoms with Gasteiger partial charge in [-0.3, -0.25) is 14.9 Å². The molecule has 1 atom stereocenters. The summed E-state index contributed by atoms with van der Waals surface area (Å²) < 4.78 is 10.7. The van der Waals surface area contributed by atoms with E-state index in [9.17, 15) is 9.59 Å². The summed E-state index contributed by atoms with van der Waals surface area (Å²) >= 11 is 0. The van der Waals surface area contributed by atoms with Gasteiger partial charge in [-0.1, -0.05) is 72.8 Å². The number of nitrogens with one attached hydrogen (secondary N) is 2. The Hall–Kier alpha value is -3.64. The summed E-state index contributed by atoms with van der Waals surface area (Å²) in [5.74, 6) is 0.0721. The molecule has 0 heterocycles. The van der Waals surface area contributed by atoms with Crippen LogP contribution in [0.2, 0.25) is 0 Å². The van der Waals surface area contributed by atoms with E-state index in [0.29, 0.717) is 13.1 Å². The molecule has 0 aliphatic carbocycles. The molecule has 0 fully saturated rings. The Balaban J connectivity index is 1.58. The van der Waals surface area contributed by atoms with Crippen LogP contribution in [0.3, 0.4) is 0 Å². The van der Waals surface area contributed by atoms with Crippen molar-refractivity contribution >= 4 is 11.9 Å². The van der Waals surface area contributed by atoms with E-state index in [-0.39, 0.29) is 18.9 Å². The van der Waals surface area contributed by atoms with Crippen LogP contribution in [0.4, 0.5) is 0 Å². The van der Waals surface area contributed by atoms with Crippen molar-refractivity contribution in [1.82, 2.24) is 10.6 Å². The van der Waals surface area contributed by atoms with Crippen LogP contribution in [0.15, 0.2) is 84.9 Å². The summed E-state index contributed by atoms with van der Waals surface area (Å²) in [5, 5.41) is 6.03. The SMILES string of the molecule is COc1ccc(CNC(CC(=O)NCc2ccccc2)C(=O)OCc2ccccc2)cc1. The number of carbonyl (C=O) groups is 2. The third kappa shape index (κ3) is 7.56. The normalized spacial score (nSPS) is 11.4. The summed E-state index contributed by atoms with van der Waals surface area (Å²) in [5.41, 5.74) is 2.86. The van der Waals surface area contributed by atoms with Gasteiger partial charge in [0.1, 0.15) is 18.4 Å². The third-order valence-corrected chi connectivity index (χ3v) is 4.94. The fraction of sp³-hybridized carbons (Fsp3) is 0.231. The predicted octanol–water partition coefficient (Wildman–Crippen LogP) is 3.60. The highest BCUT2D eigenvalue weighted by molar-refractivity contribution is 5.85. The maximum absolute atomic E-state index is 12.8. The Kier molecular flexibility index (Phi) is 8.83. The number of ether oxygens (including phenoxy) is 2. The van der Waals surface area contributed by atoms with Gasteiger partial charge >= 0.3 is 5.97 Å². The van der Waals surface area contributed by atoms with Crippen molar-refractivity contribution in [3.63, 3.8) is 0 Å². The van der Waals surface area contributed by atoms with Crippen LogP contribution >= 0.6 is 0 Å². The average Bonchev–Trinajstić information content (AvgIpc) is 2.85. The number of carbonyl (C=O) groups excluding carboxylic acids is 2. The molecule has 32 heavy (non-hydrogen) atoms. The molecule has 0 saturated heterocycles. The van der Waals surface area contributed by atoms with Crippen molar-refractivity contribution < 1.29 is 19.1 Å². The topological polar surface area (TPSA) is 76.7 Å². The highest BCUT2D eigenvalue weighted by Gasteiger charge is 2.23. The van der Waals surface area contributed by atoms with Crippen LogP contribution in [0.1, 0.15) is 23.1 Å². The van der Waals surface area contributed by atoms with Gasteiger partial charge in [0, 0.05) is 13.1 Å². The molecule has 1 unspecified atom stereocenters. The van der Waals surface area contributed by atoms with E-state index in [4.69, 9.17) is 9.47 Å². The van der Waals surface area contributed by atoms with Crippen LogP contribution in [0, 0.1) is 0 Å². The second-order valence-corrected chi connectivity index (χ2v) is 7.34. The first-order valence-corrected chi connectivity index (χ1v) is 10.5. The van der Waals surface area contributed by atoms with Gasteiger partial charge in [0.25, 0.3) is 0 Å². The van der Waals surface area contributed by atoms with Crippen molar-refractivity contribution in [3.05, 3.63) is 102 Å². The number of benzene rings is 3. The van der Waals surface area contributed by atoms with E-state index in [1.807, 2.05) is 84.9 Å². The highest BCUT2D eigenvalue weighted by Crippen LogP contribution is 2.12. The molecule has 0 spiro atoms. The maximum atomic E-state index is 12.8. The van der Waals surface area contributed by atoms with Crippen molar-refractivity contribution in [1.29, 1.82) is 0 Å². The zero-order chi connectivity index (χ0) is 22.6. The molecule has 0 saturated carbocycles. The Morgan fingerprint density at radius 3 is 2.00 bits per heavy atom. The molecule has 0 aliphatic heterocycles. The Labute approximate surface area is 188 Å². The third-order valence-electron chi connectivity index (χ3n) is 4.94. The number of esters is 1. The van der Waals surface area contributed by atoms with Crippen LogP contribution in [-0.2, 0) is 34.0 Å². The zero-order valence-corrected chi connectivity index (χ0v) is 18.1. The van der Waals surface area contributed by atoms with Gasteiger partial charge in [-0.15, -0.1) is 0 Å². The lowest BCUT2D eigenvalue weighted by atomic mass is 10.1. The van der Waals surface area contributed by atoms with E-state index >= 15 is 0 Å². The van der Waals surface area contributed by atoms with Gasteiger partial charge in [-0.25, -0.2) is 0 Å². The van der Waals surface area contributed by atoms with E-state index in [1.165, 1.54) is 0 Å². The number of hydrogen-bond donors (Lipinski definition) is 2. The van der Waals surface area contributed by atoms with Gasteiger partial charge < -0.3 is 14.8 Å². The lowest BCUT2D eigenvalue weighted by Crippen LogP contribution is -2.41. The van der Waals surface area contributed by atoms with Gasteiger partial charge in [0.05, 0.1) is 13.5 Å². The van der Waals surface area contributed by atoms with Crippen LogP contribution in [-0.4, -0.2) is 25.0 Å². The quantitative estimate of drug-likeness (QED) is 0.453. The summed E-state index contributed by atoms with van der Waals surface area (Å²) in [6.07, 6.45) is -0.0173. The molecule has 0 radical (unpaired) electrons. The van der Waals surface area contributed by atoms with Crippen molar-refractivity contribution in [2.75, 3.05) is 7.11 Å². The van der Waals surface area contributed by atoms with Crippen molar-refractivity contribution in [2.24, 2.45) is 0 Å². The molecule has 1 amide bonds. The van der Waals surface area contributed by atoms with E-state index < -0.39 is 12.0 Å². The first kappa shape index (κ1) is 23.0. The summed E-state index contributed by atoms with van der Waals surface area (Å²) in [6, 6.07) is 25.9. The summed E-state index contributed by atoms with van der Waals surface area (Å²) in [4.78, 5) is 25.3. The van der Waals surface area contributed by atoms with Gasteiger partial charge in [-0.2, -0.15) is 0 Å². The molecular formula is C26H28N2O4.